The maximum absolute atomic E-state index is 16.4. The van der Waals surface area contributed by atoms with Crippen molar-refractivity contribution in [1.29, 1.82) is 0 Å². The first-order valence-corrected chi connectivity index (χ1v) is 11.6. The van der Waals surface area contributed by atoms with Crippen LogP contribution in [0.25, 0.3) is 33.4 Å². The minimum atomic E-state index is -0.698. The zero-order valence-corrected chi connectivity index (χ0v) is 20.7. The number of hydrogen-bond donors (Lipinski definition) is 2. The molecule has 0 bridgehead atoms. The molecule has 4 aromatic rings. The zero-order valence-electron chi connectivity index (χ0n) is 20.7. The summed E-state index contributed by atoms with van der Waals surface area (Å²) in [6, 6.07) is 13.5. The fraction of sp³-hybridized carbons (Fsp3) is 0.172. The van der Waals surface area contributed by atoms with Gasteiger partial charge in [0, 0.05) is 36.5 Å². The normalized spacial score (nSPS) is 10.9. The van der Waals surface area contributed by atoms with E-state index in [1.807, 2.05) is 6.92 Å². The van der Waals surface area contributed by atoms with Crippen LogP contribution in [0.2, 0.25) is 0 Å². The van der Waals surface area contributed by atoms with E-state index in [4.69, 9.17) is 9.15 Å². The number of carbonyl (C=O) groups excluding carboxylic acids is 2. The van der Waals surface area contributed by atoms with Gasteiger partial charge in [0.2, 0.25) is 0 Å². The van der Waals surface area contributed by atoms with Crippen LogP contribution < -0.4 is 10.6 Å². The lowest BCUT2D eigenvalue weighted by molar-refractivity contribution is 0.0956. The number of ether oxygens (including phenoxy) is 1. The van der Waals surface area contributed by atoms with Crippen LogP contribution in [0.4, 0.5) is 8.78 Å². The summed E-state index contributed by atoms with van der Waals surface area (Å²) in [5.74, 6) is -1.97. The largest absolute Gasteiger partial charge is 0.455 e. The van der Waals surface area contributed by atoms with Gasteiger partial charge in [0.05, 0.1) is 17.6 Å². The lowest BCUT2D eigenvalue weighted by Gasteiger charge is -2.13. The molecule has 2 N–H and O–H groups in total. The van der Waals surface area contributed by atoms with Crippen molar-refractivity contribution in [1.82, 2.24) is 10.6 Å². The van der Waals surface area contributed by atoms with E-state index in [0.29, 0.717) is 34.4 Å². The molecule has 0 fully saturated rings. The Bertz CT molecular complexity index is 1510. The molecule has 0 saturated carbocycles. The van der Waals surface area contributed by atoms with Crippen LogP contribution in [-0.4, -0.2) is 26.0 Å². The smallest absolute Gasteiger partial charge is 0.255 e. The number of methoxy groups -OCH3 is 1. The molecule has 0 unspecified atom stereocenters. The number of fused-ring (bicyclic) bond motifs is 1. The van der Waals surface area contributed by atoms with Gasteiger partial charge >= 0.3 is 0 Å². The fourth-order valence-corrected chi connectivity index (χ4v) is 4.13. The minimum absolute atomic E-state index is 0.0139. The predicted octanol–water partition coefficient (Wildman–Crippen LogP) is 6.20. The predicted molar refractivity (Wildman–Crippen MR) is 138 cm³/mol. The summed E-state index contributed by atoms with van der Waals surface area (Å²) < 4.78 is 41.2. The highest BCUT2D eigenvalue weighted by Crippen LogP contribution is 2.40. The fourth-order valence-electron chi connectivity index (χ4n) is 4.13. The van der Waals surface area contributed by atoms with Crippen LogP contribution in [0.5, 0.6) is 0 Å². The molecule has 0 aliphatic rings. The molecule has 0 radical (unpaired) electrons. The molecule has 0 spiro atoms. The van der Waals surface area contributed by atoms with E-state index < -0.39 is 17.5 Å². The third-order valence-electron chi connectivity index (χ3n) is 5.99. The summed E-state index contributed by atoms with van der Waals surface area (Å²) >= 11 is 0. The van der Waals surface area contributed by atoms with Gasteiger partial charge in [-0.05, 0) is 60.0 Å². The van der Waals surface area contributed by atoms with Gasteiger partial charge < -0.3 is 19.8 Å². The van der Waals surface area contributed by atoms with Crippen molar-refractivity contribution < 1.29 is 27.5 Å². The molecule has 37 heavy (non-hydrogen) atoms. The van der Waals surface area contributed by atoms with Crippen molar-refractivity contribution in [3.05, 3.63) is 95.2 Å². The van der Waals surface area contributed by atoms with Gasteiger partial charge in [-0.2, -0.15) is 0 Å². The van der Waals surface area contributed by atoms with Crippen molar-refractivity contribution in [2.75, 3.05) is 14.2 Å². The first kappa shape index (κ1) is 25.8. The van der Waals surface area contributed by atoms with Crippen LogP contribution in [0.3, 0.4) is 0 Å². The molecule has 1 heterocycles. The SMILES string of the molecule is C=C(CC)NC(=O)c1cccc(-c2c(COC)cc3oc(-c4ccc(F)cc4)c(C(=O)NC)c3c2F)c1. The average Bonchev–Trinajstić information content (AvgIpc) is 3.28. The van der Waals surface area contributed by atoms with E-state index in [1.165, 1.54) is 38.4 Å². The number of nitrogens with one attached hydrogen (secondary N) is 2. The first-order chi connectivity index (χ1) is 17.8. The number of hydrogen-bond acceptors (Lipinski definition) is 4. The molecule has 0 aliphatic carbocycles. The molecular formula is C29H26F2N2O4. The van der Waals surface area contributed by atoms with E-state index in [1.54, 1.807) is 30.3 Å². The molecule has 2 amide bonds. The number of rotatable bonds is 8. The van der Waals surface area contributed by atoms with Crippen LogP contribution in [0.15, 0.2) is 71.3 Å². The molecular weight excluding hydrogens is 478 g/mol. The van der Waals surface area contributed by atoms with E-state index >= 15 is 4.39 Å². The number of furan rings is 1. The van der Waals surface area contributed by atoms with Crippen molar-refractivity contribution in [2.24, 2.45) is 0 Å². The van der Waals surface area contributed by atoms with Crippen molar-refractivity contribution >= 4 is 22.8 Å². The molecule has 6 nitrogen and oxygen atoms in total. The molecule has 0 atom stereocenters. The summed E-state index contributed by atoms with van der Waals surface area (Å²) in [5, 5.41) is 5.22. The molecule has 8 heteroatoms. The van der Waals surface area contributed by atoms with Gasteiger partial charge in [0.1, 0.15) is 23.0 Å². The third kappa shape index (κ3) is 5.01. The Morgan fingerprint density at radius 2 is 1.76 bits per heavy atom. The summed E-state index contributed by atoms with van der Waals surface area (Å²) in [6.07, 6.45) is 0.577. The van der Waals surface area contributed by atoms with Gasteiger partial charge in [-0.15, -0.1) is 0 Å². The van der Waals surface area contributed by atoms with Crippen molar-refractivity contribution in [3.63, 3.8) is 0 Å². The van der Waals surface area contributed by atoms with Crippen LogP contribution >= 0.6 is 0 Å². The Morgan fingerprint density at radius 3 is 2.41 bits per heavy atom. The monoisotopic (exact) mass is 504 g/mol. The van der Waals surface area contributed by atoms with Crippen LogP contribution in [-0.2, 0) is 11.3 Å². The standard InChI is InChI=1S/C29H26F2N2O4/c1-5-16(2)33-28(34)19-8-6-7-18(13-19)23-20(15-36-4)14-22-24(26(23)31)25(29(35)32-3)27(37-22)17-9-11-21(30)12-10-17/h6-14H,2,5,15H2,1,3-4H3,(H,32,35)(H,33,34). The highest BCUT2D eigenvalue weighted by Gasteiger charge is 2.28. The summed E-state index contributed by atoms with van der Waals surface area (Å²) in [6.45, 7) is 5.71. The van der Waals surface area contributed by atoms with E-state index in [-0.39, 0.29) is 40.4 Å². The molecule has 0 saturated heterocycles. The highest BCUT2D eigenvalue weighted by atomic mass is 19.1. The minimum Gasteiger partial charge on any atom is -0.455 e. The summed E-state index contributed by atoms with van der Waals surface area (Å²) in [7, 11) is 2.91. The number of carbonyl (C=O) groups is 2. The van der Waals surface area contributed by atoms with Gasteiger partial charge in [-0.3, -0.25) is 9.59 Å². The molecule has 1 aromatic heterocycles. The second-order valence-electron chi connectivity index (χ2n) is 8.42. The highest BCUT2D eigenvalue weighted by molar-refractivity contribution is 6.12. The van der Waals surface area contributed by atoms with Gasteiger partial charge in [-0.1, -0.05) is 25.6 Å². The Labute approximate surface area is 212 Å². The van der Waals surface area contributed by atoms with Gasteiger partial charge in [0.25, 0.3) is 11.8 Å². The average molecular weight is 505 g/mol. The molecule has 0 aliphatic heterocycles. The zero-order chi connectivity index (χ0) is 26.7. The molecule has 190 valence electrons. The summed E-state index contributed by atoms with van der Waals surface area (Å²) in [4.78, 5) is 25.6. The lowest BCUT2D eigenvalue weighted by Crippen LogP contribution is -2.21. The van der Waals surface area contributed by atoms with Gasteiger partial charge in [-0.25, -0.2) is 8.78 Å². The van der Waals surface area contributed by atoms with Crippen molar-refractivity contribution in [3.8, 4) is 22.5 Å². The van der Waals surface area contributed by atoms with E-state index in [2.05, 4.69) is 17.2 Å². The second kappa shape index (κ2) is 10.8. The Morgan fingerprint density at radius 1 is 1.03 bits per heavy atom. The first-order valence-electron chi connectivity index (χ1n) is 11.6. The Balaban J connectivity index is 1.97. The van der Waals surface area contributed by atoms with E-state index in [9.17, 15) is 14.0 Å². The third-order valence-corrected chi connectivity index (χ3v) is 5.99. The molecule has 4 rings (SSSR count). The summed E-state index contributed by atoms with van der Waals surface area (Å²) in [5.41, 5.74) is 2.49. The van der Waals surface area contributed by atoms with Crippen LogP contribution in [0, 0.1) is 11.6 Å². The Kier molecular flexibility index (Phi) is 7.50. The van der Waals surface area contributed by atoms with Crippen LogP contribution in [0.1, 0.15) is 39.6 Å². The maximum Gasteiger partial charge on any atom is 0.255 e. The second-order valence-corrected chi connectivity index (χ2v) is 8.42. The topological polar surface area (TPSA) is 80.6 Å². The van der Waals surface area contributed by atoms with Crippen molar-refractivity contribution in [2.45, 2.75) is 20.0 Å². The lowest BCUT2D eigenvalue weighted by atomic mass is 9.94. The maximum atomic E-state index is 16.4. The van der Waals surface area contributed by atoms with Gasteiger partial charge in [0.15, 0.2) is 0 Å². The number of allylic oxidation sites excluding steroid dienone is 1. The van der Waals surface area contributed by atoms with E-state index in [0.717, 1.165) is 0 Å². The number of amides is 2. The number of halogens is 2. The number of benzene rings is 3. The quantitative estimate of drug-likeness (QED) is 0.299. The molecule has 3 aromatic carbocycles. The Hall–Kier alpha value is -4.30.